The van der Waals surface area contributed by atoms with Crippen LogP contribution in [0.2, 0.25) is 5.02 Å². The Balaban J connectivity index is 2.19. The molecule has 1 aromatic carbocycles. The Morgan fingerprint density at radius 3 is 2.94 bits per heavy atom. The quantitative estimate of drug-likeness (QED) is 0.578. The summed E-state index contributed by atoms with van der Waals surface area (Å²) >= 11 is 5.77. The molecule has 0 radical (unpaired) electrons. The highest BCUT2D eigenvalue weighted by atomic mass is 35.5. The fraction of sp³-hybridized carbons (Fsp3) is 0.182. The van der Waals surface area contributed by atoms with Gasteiger partial charge in [-0.25, -0.2) is 9.98 Å². The third kappa shape index (κ3) is 2.98. The fourth-order valence-corrected chi connectivity index (χ4v) is 1.62. The minimum Gasteiger partial charge on any atom is -0.844 e. The lowest BCUT2D eigenvalue weighted by atomic mass is 10.3. The van der Waals surface area contributed by atoms with Gasteiger partial charge in [-0.1, -0.05) is 17.7 Å². The van der Waals surface area contributed by atoms with E-state index in [-0.39, 0.29) is 18.4 Å². The minimum atomic E-state index is -0.693. The van der Waals surface area contributed by atoms with Gasteiger partial charge in [0.1, 0.15) is 0 Å². The van der Waals surface area contributed by atoms with E-state index >= 15 is 0 Å². The van der Waals surface area contributed by atoms with Gasteiger partial charge in [-0.2, -0.15) is 0 Å². The summed E-state index contributed by atoms with van der Waals surface area (Å²) in [6.45, 7) is 0.184. The number of hydrogen-bond donors (Lipinski definition) is 1. The highest BCUT2D eigenvalue weighted by molar-refractivity contribution is 6.30. The van der Waals surface area contributed by atoms with Crippen molar-refractivity contribution in [3.8, 4) is 0 Å². The Hall–Kier alpha value is -2.08. The molecule has 0 unspecified atom stereocenters. The standard InChI is InChI=1S/C11H11ClN4O2/c1-16-6-9(17)14-10(16)15-11(18)13-8-4-2-3-7(12)5-8/h2-5H,6H2,1H3,(H2,13,14,15,17,18)/p-1. The molecule has 1 heterocycles. The van der Waals surface area contributed by atoms with Crippen LogP contribution < -0.4 is 10.4 Å². The minimum absolute atomic E-state index is 0.184. The Morgan fingerprint density at radius 1 is 1.56 bits per heavy atom. The molecule has 1 aliphatic rings. The predicted octanol–water partition coefficient (Wildman–Crippen LogP) is 0.105. The maximum Gasteiger partial charge on any atom is 0.246 e. The molecule has 7 heteroatoms. The van der Waals surface area contributed by atoms with Crippen LogP contribution >= 0.6 is 11.6 Å². The van der Waals surface area contributed by atoms with Crippen molar-refractivity contribution in [2.75, 3.05) is 13.6 Å². The Bertz CT molecular complexity index is 542. The van der Waals surface area contributed by atoms with Crippen LogP contribution in [0.25, 0.3) is 0 Å². The highest BCUT2D eigenvalue weighted by Crippen LogP contribution is 2.17. The van der Waals surface area contributed by atoms with E-state index in [4.69, 9.17) is 11.6 Å². The van der Waals surface area contributed by atoms with E-state index in [9.17, 15) is 9.90 Å². The lowest BCUT2D eigenvalue weighted by Gasteiger charge is -2.11. The van der Waals surface area contributed by atoms with Crippen LogP contribution in [0.3, 0.4) is 0 Å². The molecular weight excluding hydrogens is 256 g/mol. The van der Waals surface area contributed by atoms with Gasteiger partial charge in [0, 0.05) is 12.1 Å². The second-order valence-corrected chi connectivity index (χ2v) is 4.15. The number of amidine groups is 1. The zero-order chi connectivity index (χ0) is 13.1. The first kappa shape index (κ1) is 12.4. The van der Waals surface area contributed by atoms with Crippen LogP contribution in [0.1, 0.15) is 0 Å². The number of likely N-dealkylation sites (N-methyl/N-ethyl adjacent to an activating group) is 1. The van der Waals surface area contributed by atoms with Gasteiger partial charge < -0.3 is 10.0 Å². The largest absolute Gasteiger partial charge is 0.844 e. The Kier molecular flexibility index (Phi) is 3.47. The number of aliphatic imine (C=N–C) groups is 2. The van der Waals surface area contributed by atoms with E-state index < -0.39 is 6.02 Å². The topological polar surface area (TPSA) is 80.1 Å². The number of benzene rings is 1. The average molecular weight is 266 g/mol. The number of hydrogen-bond acceptors (Lipinski definition) is 3. The molecular formula is C11H10ClN4O2-. The second kappa shape index (κ2) is 5.05. The van der Waals surface area contributed by atoms with Crippen molar-refractivity contribution >= 4 is 35.2 Å². The van der Waals surface area contributed by atoms with Gasteiger partial charge >= 0.3 is 0 Å². The van der Waals surface area contributed by atoms with Crippen molar-refractivity contribution in [1.29, 1.82) is 0 Å². The molecule has 0 bridgehead atoms. The molecule has 1 saturated heterocycles. The molecule has 1 N–H and O–H groups in total. The predicted molar refractivity (Wildman–Crippen MR) is 66.8 cm³/mol. The van der Waals surface area contributed by atoms with Gasteiger partial charge in [0.15, 0.2) is 0 Å². The average Bonchev–Trinajstić information content (AvgIpc) is 2.57. The molecule has 94 valence electrons. The molecule has 1 aliphatic heterocycles. The summed E-state index contributed by atoms with van der Waals surface area (Å²) in [7, 11) is 1.66. The zero-order valence-corrected chi connectivity index (χ0v) is 10.3. The first-order valence-corrected chi connectivity index (χ1v) is 5.53. The Morgan fingerprint density at radius 2 is 2.33 bits per heavy atom. The van der Waals surface area contributed by atoms with E-state index in [2.05, 4.69) is 15.3 Å². The van der Waals surface area contributed by atoms with Crippen molar-refractivity contribution in [3.63, 3.8) is 0 Å². The van der Waals surface area contributed by atoms with Gasteiger partial charge in [0.05, 0.1) is 18.3 Å². The van der Waals surface area contributed by atoms with Crippen LogP contribution in [-0.4, -0.2) is 36.4 Å². The van der Waals surface area contributed by atoms with Crippen LogP contribution in [0.5, 0.6) is 0 Å². The maximum absolute atomic E-state index is 11.6. The van der Waals surface area contributed by atoms with Crippen LogP contribution in [0.15, 0.2) is 34.3 Å². The molecule has 0 saturated carbocycles. The molecule has 0 atom stereocenters. The van der Waals surface area contributed by atoms with E-state index in [1.165, 1.54) is 4.90 Å². The van der Waals surface area contributed by atoms with Gasteiger partial charge in [-0.3, -0.25) is 10.1 Å². The van der Waals surface area contributed by atoms with Crippen molar-refractivity contribution in [1.82, 2.24) is 10.2 Å². The fourth-order valence-electron chi connectivity index (χ4n) is 1.43. The van der Waals surface area contributed by atoms with Crippen LogP contribution in [0.4, 0.5) is 5.69 Å². The monoisotopic (exact) mass is 265 g/mol. The molecule has 1 fully saturated rings. The molecule has 0 spiro atoms. The molecule has 1 amide bonds. The normalized spacial score (nSPS) is 18.3. The smallest absolute Gasteiger partial charge is 0.246 e. The lowest BCUT2D eigenvalue weighted by molar-refractivity contribution is -0.216. The van der Waals surface area contributed by atoms with Crippen molar-refractivity contribution in [2.24, 2.45) is 9.98 Å². The van der Waals surface area contributed by atoms with E-state index in [0.29, 0.717) is 10.7 Å². The summed E-state index contributed by atoms with van der Waals surface area (Å²) in [6, 6.07) is 5.87. The first-order valence-electron chi connectivity index (χ1n) is 5.15. The van der Waals surface area contributed by atoms with Crippen LogP contribution in [0, 0.1) is 0 Å². The number of guanidine groups is 1. The summed E-state index contributed by atoms with van der Waals surface area (Å²) < 4.78 is 0. The number of halogens is 1. The van der Waals surface area contributed by atoms with Gasteiger partial charge in [-0.15, -0.1) is 0 Å². The molecule has 2 rings (SSSR count). The maximum atomic E-state index is 11.6. The SMILES string of the molecule is CN1CC(=O)NC1=NC([O-])=Nc1cccc(Cl)c1. The third-order valence-corrected chi connectivity index (χ3v) is 2.46. The lowest BCUT2D eigenvalue weighted by Crippen LogP contribution is -2.30. The summed E-state index contributed by atoms with van der Waals surface area (Å²) in [5, 5.41) is 14.5. The molecule has 0 aliphatic carbocycles. The third-order valence-electron chi connectivity index (χ3n) is 2.23. The summed E-state index contributed by atoms with van der Waals surface area (Å²) in [5.41, 5.74) is 0.420. The Labute approximate surface area is 109 Å². The van der Waals surface area contributed by atoms with Crippen molar-refractivity contribution < 1.29 is 9.90 Å². The van der Waals surface area contributed by atoms with E-state index in [1.54, 1.807) is 31.3 Å². The van der Waals surface area contributed by atoms with Gasteiger partial charge in [-0.05, 0) is 18.2 Å². The van der Waals surface area contributed by atoms with Crippen LogP contribution in [-0.2, 0) is 4.79 Å². The van der Waals surface area contributed by atoms with E-state index in [1.807, 2.05) is 0 Å². The molecule has 6 nitrogen and oxygen atoms in total. The number of nitrogens with zero attached hydrogens (tertiary/aromatic N) is 3. The number of carbonyl (C=O) groups excluding carboxylic acids is 1. The van der Waals surface area contributed by atoms with Crippen molar-refractivity contribution in [2.45, 2.75) is 0 Å². The number of nitrogens with one attached hydrogen (secondary N) is 1. The molecule has 0 aromatic heterocycles. The summed E-state index contributed by atoms with van der Waals surface area (Å²) in [4.78, 5) is 20.0. The first-order chi connectivity index (χ1) is 8.54. The highest BCUT2D eigenvalue weighted by Gasteiger charge is 2.20. The van der Waals surface area contributed by atoms with E-state index in [0.717, 1.165) is 0 Å². The number of carbonyl (C=O) groups is 1. The van der Waals surface area contributed by atoms with Gasteiger partial charge in [0.2, 0.25) is 11.9 Å². The molecule has 18 heavy (non-hydrogen) atoms. The van der Waals surface area contributed by atoms with Crippen molar-refractivity contribution in [3.05, 3.63) is 29.3 Å². The number of rotatable bonds is 1. The summed E-state index contributed by atoms with van der Waals surface area (Å²) in [6.07, 6.45) is 0. The summed E-state index contributed by atoms with van der Waals surface area (Å²) in [5.74, 6) is 0.00239. The van der Waals surface area contributed by atoms with Gasteiger partial charge in [0.25, 0.3) is 0 Å². The zero-order valence-electron chi connectivity index (χ0n) is 9.55. The molecule has 1 aromatic rings. The number of amides is 1. The second-order valence-electron chi connectivity index (χ2n) is 3.71.